The van der Waals surface area contributed by atoms with E-state index in [9.17, 15) is 9.90 Å². The van der Waals surface area contributed by atoms with Crippen molar-refractivity contribution >= 4 is 28.1 Å². The van der Waals surface area contributed by atoms with Gasteiger partial charge in [-0.05, 0) is 23.6 Å². The largest absolute Gasteiger partial charge is 0.505 e. The smallest absolute Gasteiger partial charge is 0.259 e. The Bertz CT molecular complexity index is 891. The van der Waals surface area contributed by atoms with Gasteiger partial charge in [0, 0.05) is 5.39 Å². The molecule has 5 heteroatoms. The van der Waals surface area contributed by atoms with E-state index < -0.39 is 5.91 Å². The number of nitrogens with one attached hydrogen (secondary N) is 1. The minimum absolute atomic E-state index is 0.118. The van der Waals surface area contributed by atoms with Crippen molar-refractivity contribution in [3.8, 4) is 11.5 Å². The Kier molecular flexibility index (Phi) is 3.76. The average Bonchev–Trinajstić information content (AvgIpc) is 2.58. The highest BCUT2D eigenvalue weighted by Crippen LogP contribution is 2.34. The molecule has 0 aliphatic carbocycles. The van der Waals surface area contributed by atoms with Crippen LogP contribution in [0.4, 0.5) is 11.4 Å². The number of methoxy groups -OCH3 is 1. The summed E-state index contributed by atoms with van der Waals surface area (Å²) >= 11 is 0. The molecular weight excluding hydrogens is 292 g/mol. The number of nitrogen functional groups attached to an aromatic ring is 1. The number of phenolic OH excluding ortho intramolecular Hbond substituents is 1. The first kappa shape index (κ1) is 14.7. The molecular formula is C18H16N2O3. The summed E-state index contributed by atoms with van der Waals surface area (Å²) in [5.74, 6) is -0.144. The van der Waals surface area contributed by atoms with Crippen molar-refractivity contribution in [1.29, 1.82) is 0 Å². The number of hydrogen-bond acceptors (Lipinski definition) is 4. The van der Waals surface area contributed by atoms with Gasteiger partial charge in [-0.15, -0.1) is 0 Å². The molecule has 0 bridgehead atoms. The summed E-state index contributed by atoms with van der Waals surface area (Å²) in [4.78, 5) is 12.5. The van der Waals surface area contributed by atoms with E-state index in [1.54, 1.807) is 36.4 Å². The standard InChI is InChI=1S/C18H16N2O3/c1-23-15-9-5-4-8-14(15)20-18(22)13-10-11-6-2-3-7-12(11)16(19)17(13)21/h2-10,21H,19H2,1H3,(H,20,22). The number of phenols is 1. The molecule has 0 fully saturated rings. The lowest BCUT2D eigenvalue weighted by Crippen LogP contribution is -2.13. The van der Waals surface area contributed by atoms with Gasteiger partial charge in [-0.25, -0.2) is 0 Å². The molecule has 4 N–H and O–H groups in total. The summed E-state index contributed by atoms with van der Waals surface area (Å²) in [5, 5.41) is 14.5. The lowest BCUT2D eigenvalue weighted by molar-refractivity contribution is 0.102. The van der Waals surface area contributed by atoms with Gasteiger partial charge in [0.1, 0.15) is 5.75 Å². The average molecular weight is 308 g/mol. The topological polar surface area (TPSA) is 84.6 Å². The number of aromatic hydroxyl groups is 1. The van der Waals surface area contributed by atoms with E-state index in [0.29, 0.717) is 16.8 Å². The van der Waals surface area contributed by atoms with Crippen LogP contribution in [0.15, 0.2) is 54.6 Å². The van der Waals surface area contributed by atoms with Gasteiger partial charge in [0.25, 0.3) is 5.91 Å². The fourth-order valence-corrected chi connectivity index (χ4v) is 2.48. The summed E-state index contributed by atoms with van der Waals surface area (Å²) in [7, 11) is 1.52. The Morgan fingerprint density at radius 1 is 1.13 bits per heavy atom. The zero-order valence-electron chi connectivity index (χ0n) is 12.5. The highest BCUT2D eigenvalue weighted by Gasteiger charge is 2.17. The molecule has 0 unspecified atom stereocenters. The molecule has 0 saturated carbocycles. The number of ether oxygens (including phenoxy) is 1. The van der Waals surface area contributed by atoms with Crippen molar-refractivity contribution in [3.63, 3.8) is 0 Å². The molecule has 116 valence electrons. The highest BCUT2D eigenvalue weighted by atomic mass is 16.5. The van der Waals surface area contributed by atoms with E-state index in [4.69, 9.17) is 10.5 Å². The minimum atomic E-state index is -0.454. The fraction of sp³-hybridized carbons (Fsp3) is 0.0556. The maximum Gasteiger partial charge on any atom is 0.259 e. The second kappa shape index (κ2) is 5.88. The number of rotatable bonds is 3. The normalized spacial score (nSPS) is 10.5. The van der Waals surface area contributed by atoms with Gasteiger partial charge in [0.2, 0.25) is 0 Å². The van der Waals surface area contributed by atoms with Crippen molar-refractivity contribution in [2.75, 3.05) is 18.2 Å². The van der Waals surface area contributed by atoms with Gasteiger partial charge in [-0.2, -0.15) is 0 Å². The number of carbonyl (C=O) groups excluding carboxylic acids is 1. The summed E-state index contributed by atoms with van der Waals surface area (Å²) in [6.07, 6.45) is 0. The predicted octanol–water partition coefficient (Wildman–Crippen LogP) is 3.39. The molecule has 5 nitrogen and oxygen atoms in total. The third-order valence-corrected chi connectivity index (χ3v) is 3.66. The second-order valence-electron chi connectivity index (χ2n) is 5.06. The van der Waals surface area contributed by atoms with E-state index in [0.717, 1.165) is 5.39 Å². The first-order valence-corrected chi connectivity index (χ1v) is 7.06. The third-order valence-electron chi connectivity index (χ3n) is 3.66. The van der Waals surface area contributed by atoms with Gasteiger partial charge < -0.3 is 20.9 Å². The van der Waals surface area contributed by atoms with E-state index >= 15 is 0 Å². The third kappa shape index (κ3) is 2.64. The van der Waals surface area contributed by atoms with Gasteiger partial charge in [0.05, 0.1) is 24.0 Å². The first-order valence-electron chi connectivity index (χ1n) is 7.06. The Labute approximate surface area is 133 Å². The zero-order chi connectivity index (χ0) is 16.4. The van der Waals surface area contributed by atoms with Crippen LogP contribution in [-0.2, 0) is 0 Å². The number of nitrogens with two attached hydrogens (primary N) is 1. The van der Waals surface area contributed by atoms with E-state index in [2.05, 4.69) is 5.32 Å². The summed E-state index contributed by atoms with van der Waals surface area (Å²) < 4.78 is 5.20. The van der Waals surface area contributed by atoms with Crippen LogP contribution in [0.2, 0.25) is 0 Å². The van der Waals surface area contributed by atoms with Crippen molar-refractivity contribution in [2.24, 2.45) is 0 Å². The summed E-state index contributed by atoms with van der Waals surface area (Å²) in [6, 6.07) is 16.0. The number of hydrogen-bond donors (Lipinski definition) is 3. The Morgan fingerprint density at radius 2 is 1.83 bits per heavy atom. The van der Waals surface area contributed by atoms with Crippen molar-refractivity contribution < 1.29 is 14.6 Å². The van der Waals surface area contributed by atoms with E-state index in [1.165, 1.54) is 7.11 Å². The van der Waals surface area contributed by atoms with Crippen LogP contribution < -0.4 is 15.8 Å². The van der Waals surface area contributed by atoms with Crippen LogP contribution in [0.25, 0.3) is 10.8 Å². The number of anilines is 2. The van der Waals surface area contributed by atoms with Crippen LogP contribution in [-0.4, -0.2) is 18.1 Å². The van der Waals surface area contributed by atoms with E-state index in [-0.39, 0.29) is 17.0 Å². The lowest BCUT2D eigenvalue weighted by atomic mass is 10.0. The monoisotopic (exact) mass is 308 g/mol. The minimum Gasteiger partial charge on any atom is -0.505 e. The highest BCUT2D eigenvalue weighted by molar-refractivity contribution is 6.12. The van der Waals surface area contributed by atoms with Gasteiger partial charge in [0.15, 0.2) is 5.75 Å². The molecule has 0 radical (unpaired) electrons. The molecule has 0 aliphatic heterocycles. The van der Waals surface area contributed by atoms with Crippen LogP contribution in [0.3, 0.4) is 0 Å². The van der Waals surface area contributed by atoms with E-state index in [1.807, 2.05) is 18.2 Å². The quantitative estimate of drug-likeness (QED) is 0.511. The van der Waals surface area contributed by atoms with Crippen molar-refractivity contribution in [2.45, 2.75) is 0 Å². The molecule has 0 aromatic heterocycles. The zero-order valence-corrected chi connectivity index (χ0v) is 12.5. The van der Waals surface area contributed by atoms with Crippen LogP contribution >= 0.6 is 0 Å². The molecule has 1 amide bonds. The second-order valence-corrected chi connectivity index (χ2v) is 5.06. The maximum absolute atomic E-state index is 12.5. The molecule has 3 aromatic rings. The number of benzene rings is 3. The predicted molar refractivity (Wildman–Crippen MR) is 91.0 cm³/mol. The molecule has 23 heavy (non-hydrogen) atoms. The van der Waals surface area contributed by atoms with Gasteiger partial charge in [-0.1, -0.05) is 36.4 Å². The van der Waals surface area contributed by atoms with Gasteiger partial charge >= 0.3 is 0 Å². The number of para-hydroxylation sites is 2. The fourth-order valence-electron chi connectivity index (χ4n) is 2.48. The molecule has 0 spiro atoms. The molecule has 0 atom stereocenters. The number of fused-ring (bicyclic) bond motifs is 1. The van der Waals surface area contributed by atoms with Gasteiger partial charge in [-0.3, -0.25) is 4.79 Å². The lowest BCUT2D eigenvalue weighted by Gasteiger charge is -2.13. The molecule has 3 rings (SSSR count). The van der Waals surface area contributed by atoms with Crippen LogP contribution in [0.1, 0.15) is 10.4 Å². The Hall–Kier alpha value is -3.21. The maximum atomic E-state index is 12.5. The van der Waals surface area contributed by atoms with Crippen LogP contribution in [0, 0.1) is 0 Å². The number of carbonyl (C=O) groups is 1. The Balaban J connectivity index is 2.03. The molecule has 0 aliphatic rings. The first-order chi connectivity index (χ1) is 11.1. The molecule has 3 aromatic carbocycles. The van der Waals surface area contributed by atoms with Crippen molar-refractivity contribution in [3.05, 3.63) is 60.2 Å². The summed E-state index contributed by atoms with van der Waals surface area (Å²) in [6.45, 7) is 0. The SMILES string of the molecule is COc1ccccc1NC(=O)c1cc2ccccc2c(N)c1O. The molecule has 0 saturated heterocycles. The van der Waals surface area contributed by atoms with Crippen LogP contribution in [0.5, 0.6) is 11.5 Å². The van der Waals surface area contributed by atoms with Crippen molar-refractivity contribution in [1.82, 2.24) is 0 Å². The summed E-state index contributed by atoms with van der Waals surface area (Å²) in [5.41, 5.74) is 6.78. The number of amides is 1. The Morgan fingerprint density at radius 3 is 2.61 bits per heavy atom. The molecule has 0 heterocycles.